The summed E-state index contributed by atoms with van der Waals surface area (Å²) in [4.78, 5) is 20.8. The smallest absolute Gasteiger partial charge is 0.306 e. The van der Waals surface area contributed by atoms with Crippen LogP contribution >= 0.6 is 11.3 Å². The molecule has 10 heteroatoms. The van der Waals surface area contributed by atoms with Crippen LogP contribution in [0.15, 0.2) is 17.5 Å². The third kappa shape index (κ3) is 4.77. The monoisotopic (exact) mass is 482 g/mol. The van der Waals surface area contributed by atoms with Crippen LogP contribution in [0.5, 0.6) is 5.75 Å². The second kappa shape index (κ2) is 9.69. The number of rotatable bonds is 8. The van der Waals surface area contributed by atoms with E-state index in [1.165, 1.54) is 25.0 Å². The number of carboxylic acid groups (broad SMARTS) is 1. The fraction of sp³-hybridized carbons (Fsp3) is 0.542. The van der Waals surface area contributed by atoms with Crippen LogP contribution in [0.1, 0.15) is 67.9 Å². The van der Waals surface area contributed by atoms with Crippen molar-refractivity contribution in [3.05, 3.63) is 34.6 Å². The fourth-order valence-corrected chi connectivity index (χ4v) is 5.44. The molecule has 2 aliphatic rings. The summed E-state index contributed by atoms with van der Waals surface area (Å²) in [5, 5.41) is 24.4. The van der Waals surface area contributed by atoms with Crippen molar-refractivity contribution >= 4 is 22.4 Å². The van der Waals surface area contributed by atoms with Crippen LogP contribution in [0.3, 0.4) is 0 Å². The topological polar surface area (TPSA) is 115 Å². The minimum absolute atomic E-state index is 0.0967. The summed E-state index contributed by atoms with van der Waals surface area (Å²) in [6.45, 7) is 2.45. The molecule has 2 atom stereocenters. The molecule has 0 saturated heterocycles. The van der Waals surface area contributed by atoms with Crippen molar-refractivity contribution in [2.75, 3.05) is 5.32 Å². The van der Waals surface area contributed by atoms with Gasteiger partial charge in [-0.1, -0.05) is 11.6 Å². The molecule has 0 spiro atoms. The molecule has 0 unspecified atom stereocenters. The first-order valence-electron chi connectivity index (χ1n) is 11.9. The second-order valence-corrected chi connectivity index (χ2v) is 10.1. The van der Waals surface area contributed by atoms with E-state index >= 15 is 0 Å². The van der Waals surface area contributed by atoms with Gasteiger partial charge in [-0.05, 0) is 57.6 Å². The van der Waals surface area contributed by atoms with E-state index in [-0.39, 0.29) is 12.0 Å². The van der Waals surface area contributed by atoms with Crippen molar-refractivity contribution in [2.45, 2.75) is 70.4 Å². The predicted octanol–water partition coefficient (Wildman–Crippen LogP) is 4.54. The van der Waals surface area contributed by atoms with Gasteiger partial charge in [0.1, 0.15) is 11.4 Å². The van der Waals surface area contributed by atoms with Crippen LogP contribution in [0.4, 0.5) is 5.13 Å². The molecule has 2 fully saturated rings. The number of carboxylic acids is 1. The van der Waals surface area contributed by atoms with Gasteiger partial charge in [-0.2, -0.15) is 0 Å². The van der Waals surface area contributed by atoms with Crippen LogP contribution in [0.2, 0.25) is 0 Å². The van der Waals surface area contributed by atoms with E-state index in [9.17, 15) is 9.90 Å². The molecule has 3 heterocycles. The van der Waals surface area contributed by atoms with Gasteiger partial charge in [0.15, 0.2) is 5.13 Å². The number of aromatic nitrogens is 5. The highest BCUT2D eigenvalue weighted by atomic mass is 32.1. The minimum atomic E-state index is -0.737. The molecule has 2 N–H and O–H groups in total. The maximum absolute atomic E-state index is 11.4. The highest BCUT2D eigenvalue weighted by Crippen LogP contribution is 2.37. The molecule has 2 saturated carbocycles. The van der Waals surface area contributed by atoms with Crippen LogP contribution in [-0.4, -0.2) is 42.1 Å². The fourth-order valence-electron chi connectivity index (χ4n) is 4.65. The summed E-state index contributed by atoms with van der Waals surface area (Å²) in [5.74, 6) is 0.245. The Labute approximate surface area is 202 Å². The van der Waals surface area contributed by atoms with Crippen LogP contribution in [-0.2, 0) is 18.4 Å². The van der Waals surface area contributed by atoms with E-state index in [4.69, 9.17) is 14.7 Å². The van der Waals surface area contributed by atoms with Gasteiger partial charge in [0, 0.05) is 18.3 Å². The number of nitrogens with one attached hydrogen (secondary N) is 1. The molecule has 5 rings (SSSR count). The average molecular weight is 483 g/mol. The second-order valence-electron chi connectivity index (χ2n) is 9.29. The number of nitrogens with zero attached hydrogens (tertiary/aromatic N) is 5. The van der Waals surface area contributed by atoms with Gasteiger partial charge in [0.25, 0.3) is 0 Å². The van der Waals surface area contributed by atoms with E-state index in [0.717, 1.165) is 47.2 Å². The number of pyridine rings is 1. The van der Waals surface area contributed by atoms with Gasteiger partial charge < -0.3 is 15.2 Å². The molecule has 0 radical (unpaired) electrons. The first-order chi connectivity index (χ1) is 16.5. The Morgan fingerprint density at radius 2 is 2.06 bits per heavy atom. The Morgan fingerprint density at radius 3 is 2.79 bits per heavy atom. The zero-order valence-electron chi connectivity index (χ0n) is 19.5. The molecule has 0 amide bonds. The largest absolute Gasteiger partial charge is 0.489 e. The molecule has 2 aliphatic carbocycles. The lowest BCUT2D eigenvalue weighted by molar-refractivity contribution is -0.143. The number of aryl methyl sites for hydroxylation is 2. The summed E-state index contributed by atoms with van der Waals surface area (Å²) in [5.41, 5.74) is 4.34. The standard InChI is InChI=1S/C24H30N6O3S/c1-14-21(33-17-8-4-7-16(11-17)23(31)32)10-9-18(26-14)22-20(30(2)29-28-22)12-25-24-27-19(13-34-24)15-5-3-6-15/h9-10,13,15-17H,3-8,11-12H2,1-2H3,(H,25,27)(H,31,32)/t16-,17-/m0/s1. The van der Waals surface area contributed by atoms with E-state index in [2.05, 4.69) is 21.0 Å². The molecule has 0 aromatic carbocycles. The number of carbonyl (C=O) groups is 1. The highest BCUT2D eigenvalue weighted by Gasteiger charge is 2.28. The summed E-state index contributed by atoms with van der Waals surface area (Å²) in [7, 11) is 1.88. The summed E-state index contributed by atoms with van der Waals surface area (Å²) in [6.07, 6.45) is 6.67. The van der Waals surface area contributed by atoms with Crippen molar-refractivity contribution in [2.24, 2.45) is 13.0 Å². The first-order valence-corrected chi connectivity index (χ1v) is 12.8. The van der Waals surface area contributed by atoms with Crippen molar-refractivity contribution < 1.29 is 14.6 Å². The maximum atomic E-state index is 11.4. The van der Waals surface area contributed by atoms with Crippen molar-refractivity contribution in [3.63, 3.8) is 0 Å². The SMILES string of the molecule is Cc1nc(-c2nnn(C)c2CNc2nc(C3CCC3)cs2)ccc1O[C@H]1CCC[C@H](C(=O)O)C1. The van der Waals surface area contributed by atoms with Crippen LogP contribution < -0.4 is 10.1 Å². The summed E-state index contributed by atoms with van der Waals surface area (Å²) >= 11 is 1.64. The normalized spacial score (nSPS) is 20.6. The van der Waals surface area contributed by atoms with Gasteiger partial charge in [0.2, 0.25) is 0 Å². The molecule has 34 heavy (non-hydrogen) atoms. The lowest BCUT2D eigenvalue weighted by Gasteiger charge is -2.27. The Hall–Kier alpha value is -3.01. The van der Waals surface area contributed by atoms with Crippen molar-refractivity contribution in [1.82, 2.24) is 25.0 Å². The van der Waals surface area contributed by atoms with Gasteiger partial charge in [-0.25, -0.2) is 14.6 Å². The molecule has 3 aromatic heterocycles. The number of anilines is 1. The van der Waals surface area contributed by atoms with E-state index in [1.54, 1.807) is 16.0 Å². The highest BCUT2D eigenvalue weighted by molar-refractivity contribution is 7.13. The zero-order chi connectivity index (χ0) is 23.7. The maximum Gasteiger partial charge on any atom is 0.306 e. The molecule has 180 valence electrons. The van der Waals surface area contributed by atoms with Crippen molar-refractivity contribution in [1.29, 1.82) is 0 Å². The molecule has 0 bridgehead atoms. The summed E-state index contributed by atoms with van der Waals surface area (Å²) in [6, 6.07) is 3.80. The van der Waals surface area contributed by atoms with E-state index < -0.39 is 5.97 Å². The van der Waals surface area contributed by atoms with Crippen molar-refractivity contribution in [3.8, 4) is 17.1 Å². The molecular formula is C24H30N6O3S. The Bertz CT molecular complexity index is 1170. The third-order valence-corrected chi connectivity index (χ3v) is 7.76. The first kappa shape index (κ1) is 22.8. The van der Waals surface area contributed by atoms with Gasteiger partial charge in [-0.15, -0.1) is 16.4 Å². The molecule has 0 aliphatic heterocycles. The number of aliphatic carboxylic acids is 1. The molecular weight excluding hydrogens is 452 g/mol. The Kier molecular flexibility index (Phi) is 6.49. The number of thiazole rings is 1. The minimum Gasteiger partial charge on any atom is -0.489 e. The summed E-state index contributed by atoms with van der Waals surface area (Å²) < 4.78 is 7.91. The van der Waals surface area contributed by atoms with Gasteiger partial charge in [0.05, 0.1) is 41.3 Å². The number of ether oxygens (including phenoxy) is 1. The lowest BCUT2D eigenvalue weighted by atomic mass is 9.83. The van der Waals surface area contributed by atoms with Gasteiger partial charge >= 0.3 is 5.97 Å². The van der Waals surface area contributed by atoms with Gasteiger partial charge in [-0.3, -0.25) is 4.79 Å². The zero-order valence-corrected chi connectivity index (χ0v) is 20.3. The quantitative estimate of drug-likeness (QED) is 0.481. The van der Waals surface area contributed by atoms with E-state index in [1.807, 2.05) is 26.1 Å². The molecule has 3 aromatic rings. The van der Waals surface area contributed by atoms with Crippen LogP contribution in [0, 0.1) is 12.8 Å². The average Bonchev–Trinajstić information content (AvgIpc) is 3.39. The number of hydrogen-bond acceptors (Lipinski definition) is 8. The third-order valence-electron chi connectivity index (χ3n) is 6.94. The molecule has 9 nitrogen and oxygen atoms in total. The lowest BCUT2D eigenvalue weighted by Crippen LogP contribution is -2.29. The Morgan fingerprint density at radius 1 is 1.24 bits per heavy atom. The number of hydrogen-bond donors (Lipinski definition) is 2. The predicted molar refractivity (Wildman–Crippen MR) is 129 cm³/mol. The van der Waals surface area contributed by atoms with Crippen LogP contribution in [0.25, 0.3) is 11.4 Å². The van der Waals surface area contributed by atoms with E-state index in [0.29, 0.717) is 24.6 Å². The Balaban J connectivity index is 1.27.